The van der Waals surface area contributed by atoms with E-state index in [1.807, 2.05) is 25.7 Å². The highest BCUT2D eigenvalue weighted by Crippen LogP contribution is 2.25. The maximum absolute atomic E-state index is 12.3. The zero-order chi connectivity index (χ0) is 14.0. The first kappa shape index (κ1) is 14.6. The molecule has 2 aliphatic heterocycles. The lowest BCUT2D eigenvalue weighted by molar-refractivity contribution is -0.0217. The Morgan fingerprint density at radius 2 is 2.05 bits per heavy atom. The Labute approximate surface area is 116 Å². The van der Waals surface area contributed by atoms with E-state index in [0.29, 0.717) is 12.6 Å². The number of nitrogens with zero attached hydrogens (tertiary/aromatic N) is 2. The van der Waals surface area contributed by atoms with Crippen LogP contribution in [0.15, 0.2) is 0 Å². The van der Waals surface area contributed by atoms with Gasteiger partial charge in [-0.05, 0) is 40.2 Å². The molecule has 0 spiro atoms. The zero-order valence-corrected chi connectivity index (χ0v) is 12.4. The van der Waals surface area contributed by atoms with Crippen molar-refractivity contribution < 1.29 is 9.53 Å². The Balaban J connectivity index is 2.03. The highest BCUT2D eigenvalue weighted by atomic mass is 16.6. The Hall–Kier alpha value is -0.810. The summed E-state index contributed by atoms with van der Waals surface area (Å²) >= 11 is 0. The van der Waals surface area contributed by atoms with Gasteiger partial charge in [-0.15, -0.1) is 0 Å². The Morgan fingerprint density at radius 3 is 2.68 bits per heavy atom. The molecule has 2 N–H and O–H groups in total. The highest BCUT2D eigenvalue weighted by molar-refractivity contribution is 5.69. The first-order chi connectivity index (χ1) is 8.90. The van der Waals surface area contributed by atoms with Crippen molar-refractivity contribution in [1.29, 1.82) is 0 Å². The third-order valence-corrected chi connectivity index (χ3v) is 3.94. The summed E-state index contributed by atoms with van der Waals surface area (Å²) in [6.45, 7) is 9.00. The molecule has 110 valence electrons. The SMILES string of the molecule is CC(C)(C)OC(=O)N1C[C@H]2CCCCN2C[C@@H]1CN. The lowest BCUT2D eigenvalue weighted by atomic mass is 9.97. The monoisotopic (exact) mass is 269 g/mol. The number of rotatable bonds is 1. The fourth-order valence-corrected chi connectivity index (χ4v) is 3.00. The third kappa shape index (κ3) is 3.60. The maximum atomic E-state index is 12.3. The van der Waals surface area contributed by atoms with Crippen molar-refractivity contribution in [2.24, 2.45) is 5.73 Å². The molecule has 0 radical (unpaired) electrons. The van der Waals surface area contributed by atoms with Crippen LogP contribution in [-0.2, 0) is 4.74 Å². The van der Waals surface area contributed by atoms with E-state index in [0.717, 1.165) is 19.6 Å². The largest absolute Gasteiger partial charge is 0.444 e. The number of piperidine rings is 1. The van der Waals surface area contributed by atoms with Crippen LogP contribution in [0.2, 0.25) is 0 Å². The quantitative estimate of drug-likeness (QED) is 0.782. The molecule has 0 saturated carbocycles. The molecule has 19 heavy (non-hydrogen) atoms. The molecule has 5 heteroatoms. The van der Waals surface area contributed by atoms with Crippen LogP contribution < -0.4 is 5.73 Å². The average molecular weight is 269 g/mol. The van der Waals surface area contributed by atoms with Gasteiger partial charge in [-0.1, -0.05) is 6.42 Å². The van der Waals surface area contributed by atoms with E-state index in [4.69, 9.17) is 10.5 Å². The van der Waals surface area contributed by atoms with E-state index in [-0.39, 0.29) is 12.1 Å². The molecule has 5 nitrogen and oxygen atoms in total. The van der Waals surface area contributed by atoms with Crippen molar-refractivity contribution in [3.63, 3.8) is 0 Å². The lowest BCUT2D eigenvalue weighted by Gasteiger charge is -2.48. The fraction of sp³-hybridized carbons (Fsp3) is 0.929. The molecule has 2 fully saturated rings. The number of ether oxygens (including phenoxy) is 1. The molecule has 0 aromatic rings. The van der Waals surface area contributed by atoms with Gasteiger partial charge in [0.15, 0.2) is 0 Å². The molecular weight excluding hydrogens is 242 g/mol. The normalized spacial score (nSPS) is 28.9. The van der Waals surface area contributed by atoms with E-state index in [2.05, 4.69) is 4.90 Å². The molecule has 0 unspecified atom stereocenters. The number of piperazine rings is 1. The van der Waals surface area contributed by atoms with Gasteiger partial charge in [-0.25, -0.2) is 4.79 Å². The summed E-state index contributed by atoms with van der Waals surface area (Å²) in [7, 11) is 0. The smallest absolute Gasteiger partial charge is 0.410 e. The van der Waals surface area contributed by atoms with E-state index in [1.165, 1.54) is 19.3 Å². The van der Waals surface area contributed by atoms with Crippen molar-refractivity contribution in [3.8, 4) is 0 Å². The average Bonchev–Trinajstić information content (AvgIpc) is 2.35. The van der Waals surface area contributed by atoms with E-state index < -0.39 is 5.60 Å². The standard InChI is InChI=1S/C14H27N3O2/c1-14(2,3)19-13(18)17-10-11-6-4-5-7-16(11)9-12(17)8-15/h11-12H,4-10,15H2,1-3H3/t11-,12+/m1/s1. The number of nitrogens with two attached hydrogens (primary N) is 1. The summed E-state index contributed by atoms with van der Waals surface area (Å²) in [6, 6.07) is 0.577. The van der Waals surface area contributed by atoms with Crippen molar-refractivity contribution in [2.45, 2.75) is 57.7 Å². The highest BCUT2D eigenvalue weighted by Gasteiger charge is 2.38. The van der Waals surface area contributed by atoms with Gasteiger partial charge >= 0.3 is 6.09 Å². The van der Waals surface area contributed by atoms with Gasteiger partial charge in [0.05, 0.1) is 6.04 Å². The number of carbonyl (C=O) groups excluding carboxylic acids is 1. The topological polar surface area (TPSA) is 58.8 Å². The summed E-state index contributed by atoms with van der Waals surface area (Å²) in [6.07, 6.45) is 3.49. The van der Waals surface area contributed by atoms with E-state index in [1.54, 1.807) is 0 Å². The van der Waals surface area contributed by atoms with Gasteiger partial charge in [0.1, 0.15) is 5.60 Å². The van der Waals surface area contributed by atoms with Crippen molar-refractivity contribution in [2.75, 3.05) is 26.2 Å². The fourth-order valence-electron chi connectivity index (χ4n) is 3.00. The maximum Gasteiger partial charge on any atom is 0.410 e. The molecule has 1 amide bonds. The van der Waals surface area contributed by atoms with Gasteiger partial charge in [-0.2, -0.15) is 0 Å². The number of hydrogen-bond acceptors (Lipinski definition) is 4. The van der Waals surface area contributed by atoms with Crippen LogP contribution in [0, 0.1) is 0 Å². The van der Waals surface area contributed by atoms with Crippen LogP contribution >= 0.6 is 0 Å². The minimum atomic E-state index is -0.445. The number of hydrogen-bond donors (Lipinski definition) is 1. The van der Waals surface area contributed by atoms with Crippen LogP contribution in [0.5, 0.6) is 0 Å². The minimum Gasteiger partial charge on any atom is -0.444 e. The minimum absolute atomic E-state index is 0.0872. The van der Waals surface area contributed by atoms with E-state index >= 15 is 0 Å². The summed E-state index contributed by atoms with van der Waals surface area (Å²) < 4.78 is 5.50. The van der Waals surface area contributed by atoms with Gasteiger partial charge in [0.25, 0.3) is 0 Å². The van der Waals surface area contributed by atoms with Crippen LogP contribution in [0.4, 0.5) is 4.79 Å². The van der Waals surface area contributed by atoms with Crippen molar-refractivity contribution in [1.82, 2.24) is 9.80 Å². The molecule has 0 aromatic heterocycles. The number of amides is 1. The van der Waals surface area contributed by atoms with Gasteiger partial charge < -0.3 is 15.4 Å². The van der Waals surface area contributed by atoms with Crippen LogP contribution in [-0.4, -0.2) is 59.8 Å². The predicted molar refractivity (Wildman–Crippen MR) is 75.0 cm³/mol. The lowest BCUT2D eigenvalue weighted by Crippen LogP contribution is -2.63. The molecule has 0 aliphatic carbocycles. The molecular formula is C14H27N3O2. The molecule has 2 atom stereocenters. The van der Waals surface area contributed by atoms with Gasteiger partial charge in [0.2, 0.25) is 0 Å². The molecule has 0 bridgehead atoms. The first-order valence-corrected chi connectivity index (χ1v) is 7.34. The third-order valence-electron chi connectivity index (χ3n) is 3.94. The van der Waals surface area contributed by atoms with Crippen LogP contribution in [0.3, 0.4) is 0 Å². The summed E-state index contributed by atoms with van der Waals surface area (Å²) in [5.41, 5.74) is 5.40. The van der Waals surface area contributed by atoms with E-state index in [9.17, 15) is 4.79 Å². The molecule has 2 rings (SSSR count). The second-order valence-electron chi connectivity index (χ2n) is 6.67. The molecule has 2 saturated heterocycles. The Morgan fingerprint density at radius 1 is 1.32 bits per heavy atom. The molecule has 0 aromatic carbocycles. The van der Waals surface area contributed by atoms with Gasteiger partial charge in [0, 0.05) is 25.7 Å². The van der Waals surface area contributed by atoms with Crippen molar-refractivity contribution >= 4 is 6.09 Å². The number of carbonyl (C=O) groups is 1. The Kier molecular flexibility index (Phi) is 4.36. The van der Waals surface area contributed by atoms with Crippen LogP contribution in [0.1, 0.15) is 40.0 Å². The zero-order valence-electron chi connectivity index (χ0n) is 12.4. The Bertz CT molecular complexity index is 327. The van der Waals surface area contributed by atoms with Crippen molar-refractivity contribution in [3.05, 3.63) is 0 Å². The summed E-state index contributed by atoms with van der Waals surface area (Å²) in [4.78, 5) is 16.6. The second kappa shape index (κ2) is 5.67. The summed E-state index contributed by atoms with van der Waals surface area (Å²) in [5.74, 6) is 0. The number of fused-ring (bicyclic) bond motifs is 1. The van der Waals surface area contributed by atoms with Crippen LogP contribution in [0.25, 0.3) is 0 Å². The first-order valence-electron chi connectivity index (χ1n) is 7.34. The molecule has 2 aliphatic rings. The summed E-state index contributed by atoms with van der Waals surface area (Å²) in [5, 5.41) is 0. The second-order valence-corrected chi connectivity index (χ2v) is 6.67. The predicted octanol–water partition coefficient (Wildman–Crippen LogP) is 1.42. The van der Waals surface area contributed by atoms with Gasteiger partial charge in [-0.3, -0.25) is 4.90 Å². The molecule has 2 heterocycles.